The molecule has 0 saturated carbocycles. The Hall–Kier alpha value is -0.610. The van der Waals surface area contributed by atoms with E-state index in [0.29, 0.717) is 6.54 Å². The van der Waals surface area contributed by atoms with Gasteiger partial charge in [0.1, 0.15) is 0 Å². The molecule has 4 heteroatoms. The Kier molecular flexibility index (Phi) is 6.54. The highest BCUT2D eigenvalue weighted by Crippen LogP contribution is 1.94. The van der Waals surface area contributed by atoms with Gasteiger partial charge in [0.15, 0.2) is 0 Å². The molecule has 1 atom stereocenters. The first-order chi connectivity index (χ1) is 6.07. The van der Waals surface area contributed by atoms with E-state index in [-0.39, 0.29) is 11.9 Å². The zero-order valence-electron chi connectivity index (χ0n) is 8.96. The molecule has 0 fully saturated rings. The van der Waals surface area contributed by atoms with Crippen molar-refractivity contribution in [2.24, 2.45) is 5.92 Å². The first-order valence-electron chi connectivity index (χ1n) is 4.51. The summed E-state index contributed by atoms with van der Waals surface area (Å²) in [4.78, 5) is 13.1. The predicted molar refractivity (Wildman–Crippen MR) is 52.6 cm³/mol. The lowest BCUT2D eigenvalue weighted by atomic mass is 10.2. The molecule has 0 radical (unpaired) electrons. The molecule has 0 aliphatic heterocycles. The molecule has 0 spiro atoms. The van der Waals surface area contributed by atoms with E-state index < -0.39 is 0 Å². The van der Waals surface area contributed by atoms with Gasteiger partial charge in [0.25, 0.3) is 0 Å². The fourth-order valence-electron chi connectivity index (χ4n) is 0.906. The van der Waals surface area contributed by atoms with Crippen molar-refractivity contribution in [1.82, 2.24) is 10.2 Å². The van der Waals surface area contributed by atoms with Crippen LogP contribution in [0.25, 0.3) is 0 Å². The van der Waals surface area contributed by atoms with Gasteiger partial charge in [-0.25, -0.2) is 0 Å². The van der Waals surface area contributed by atoms with Crippen LogP contribution in [0.4, 0.5) is 0 Å². The zero-order valence-corrected chi connectivity index (χ0v) is 8.96. The van der Waals surface area contributed by atoms with Crippen molar-refractivity contribution in [2.75, 3.05) is 40.8 Å². The third-order valence-electron chi connectivity index (χ3n) is 1.79. The normalized spacial score (nSPS) is 13.0. The van der Waals surface area contributed by atoms with Gasteiger partial charge in [0, 0.05) is 19.6 Å². The Labute approximate surface area is 80.2 Å². The molecule has 0 rings (SSSR count). The van der Waals surface area contributed by atoms with E-state index in [2.05, 4.69) is 15.0 Å². The summed E-state index contributed by atoms with van der Waals surface area (Å²) in [6, 6.07) is 0. The van der Waals surface area contributed by atoms with Crippen LogP contribution >= 0.6 is 0 Å². The molecule has 0 aromatic rings. The van der Waals surface area contributed by atoms with Crippen molar-refractivity contribution < 1.29 is 9.53 Å². The molecule has 1 unspecified atom stereocenters. The molecular weight excluding hydrogens is 168 g/mol. The van der Waals surface area contributed by atoms with Crippen LogP contribution in [0.2, 0.25) is 0 Å². The summed E-state index contributed by atoms with van der Waals surface area (Å²) in [5.41, 5.74) is 0. The van der Waals surface area contributed by atoms with Gasteiger partial charge in [0.2, 0.25) is 0 Å². The maximum atomic E-state index is 11.0. The van der Waals surface area contributed by atoms with Crippen LogP contribution in [-0.4, -0.2) is 51.7 Å². The van der Waals surface area contributed by atoms with E-state index in [0.717, 1.165) is 13.1 Å². The maximum Gasteiger partial charge on any atom is 0.309 e. The Morgan fingerprint density at radius 1 is 1.54 bits per heavy atom. The smallest absolute Gasteiger partial charge is 0.309 e. The summed E-state index contributed by atoms with van der Waals surface area (Å²) in [6.45, 7) is 4.41. The molecular formula is C9H20N2O2. The third-order valence-corrected chi connectivity index (χ3v) is 1.79. The van der Waals surface area contributed by atoms with Gasteiger partial charge < -0.3 is 15.0 Å². The number of likely N-dealkylation sites (N-methyl/N-ethyl adjacent to an activating group) is 1. The average molecular weight is 188 g/mol. The van der Waals surface area contributed by atoms with Crippen LogP contribution in [-0.2, 0) is 9.53 Å². The predicted octanol–water partition coefficient (Wildman–Crippen LogP) is -0.0533. The van der Waals surface area contributed by atoms with Crippen molar-refractivity contribution in [3.8, 4) is 0 Å². The summed E-state index contributed by atoms with van der Waals surface area (Å²) in [5, 5.41) is 3.19. The van der Waals surface area contributed by atoms with E-state index in [9.17, 15) is 4.79 Å². The highest BCUT2D eigenvalue weighted by atomic mass is 16.5. The van der Waals surface area contributed by atoms with E-state index in [1.807, 2.05) is 21.0 Å². The van der Waals surface area contributed by atoms with Crippen LogP contribution in [0.15, 0.2) is 0 Å². The van der Waals surface area contributed by atoms with E-state index in [1.165, 1.54) is 7.11 Å². The SMILES string of the molecule is COC(=O)C(C)CNCCN(C)C. The monoisotopic (exact) mass is 188 g/mol. The lowest BCUT2D eigenvalue weighted by molar-refractivity contribution is -0.144. The molecule has 78 valence electrons. The number of rotatable bonds is 6. The third kappa shape index (κ3) is 6.54. The van der Waals surface area contributed by atoms with Crippen molar-refractivity contribution in [3.63, 3.8) is 0 Å². The first-order valence-corrected chi connectivity index (χ1v) is 4.51. The average Bonchev–Trinajstić information content (AvgIpc) is 2.10. The highest BCUT2D eigenvalue weighted by molar-refractivity contribution is 5.71. The van der Waals surface area contributed by atoms with Gasteiger partial charge in [-0.1, -0.05) is 6.92 Å². The fourth-order valence-corrected chi connectivity index (χ4v) is 0.906. The van der Waals surface area contributed by atoms with Crippen LogP contribution in [0.3, 0.4) is 0 Å². The number of methoxy groups -OCH3 is 1. The zero-order chi connectivity index (χ0) is 10.3. The van der Waals surface area contributed by atoms with Crippen molar-refractivity contribution >= 4 is 5.97 Å². The lowest BCUT2D eigenvalue weighted by Gasteiger charge is -2.12. The van der Waals surface area contributed by atoms with Crippen molar-refractivity contribution in [2.45, 2.75) is 6.92 Å². The van der Waals surface area contributed by atoms with E-state index in [4.69, 9.17) is 0 Å². The Morgan fingerprint density at radius 3 is 2.62 bits per heavy atom. The number of hydrogen-bond donors (Lipinski definition) is 1. The minimum atomic E-state index is -0.155. The van der Waals surface area contributed by atoms with Crippen molar-refractivity contribution in [3.05, 3.63) is 0 Å². The van der Waals surface area contributed by atoms with Crippen LogP contribution in [0.1, 0.15) is 6.92 Å². The van der Waals surface area contributed by atoms with Crippen LogP contribution < -0.4 is 5.32 Å². The van der Waals surface area contributed by atoms with Gasteiger partial charge in [0.05, 0.1) is 13.0 Å². The summed E-state index contributed by atoms with van der Waals surface area (Å²) < 4.78 is 4.60. The molecule has 0 aliphatic carbocycles. The molecule has 1 N–H and O–H groups in total. The molecule has 13 heavy (non-hydrogen) atoms. The van der Waals surface area contributed by atoms with Crippen molar-refractivity contribution in [1.29, 1.82) is 0 Å². The number of esters is 1. The second-order valence-electron chi connectivity index (χ2n) is 3.43. The van der Waals surface area contributed by atoms with Gasteiger partial charge in [-0.15, -0.1) is 0 Å². The fraction of sp³-hybridized carbons (Fsp3) is 0.889. The lowest BCUT2D eigenvalue weighted by Crippen LogP contribution is -2.32. The Morgan fingerprint density at radius 2 is 2.15 bits per heavy atom. The summed E-state index contributed by atoms with van der Waals surface area (Å²) in [5.74, 6) is -0.218. The molecule has 0 aromatic carbocycles. The summed E-state index contributed by atoms with van der Waals surface area (Å²) >= 11 is 0. The van der Waals surface area contributed by atoms with Gasteiger partial charge >= 0.3 is 5.97 Å². The second-order valence-corrected chi connectivity index (χ2v) is 3.43. The minimum Gasteiger partial charge on any atom is -0.469 e. The van der Waals surface area contributed by atoms with Crippen LogP contribution in [0.5, 0.6) is 0 Å². The van der Waals surface area contributed by atoms with E-state index >= 15 is 0 Å². The number of carbonyl (C=O) groups excluding carboxylic acids is 1. The molecule has 0 heterocycles. The highest BCUT2D eigenvalue weighted by Gasteiger charge is 2.11. The minimum absolute atomic E-state index is 0.0628. The number of hydrogen-bond acceptors (Lipinski definition) is 4. The van der Waals surface area contributed by atoms with Crippen LogP contribution in [0, 0.1) is 5.92 Å². The summed E-state index contributed by atoms with van der Waals surface area (Å²) in [7, 11) is 5.45. The molecule has 0 bridgehead atoms. The standard InChI is InChI=1S/C9H20N2O2/c1-8(9(12)13-4)7-10-5-6-11(2)3/h8,10H,5-7H2,1-4H3. The first kappa shape index (κ1) is 12.4. The van der Waals surface area contributed by atoms with Gasteiger partial charge in [-0.3, -0.25) is 4.79 Å². The number of nitrogens with one attached hydrogen (secondary N) is 1. The molecule has 0 saturated heterocycles. The topological polar surface area (TPSA) is 41.6 Å². The maximum absolute atomic E-state index is 11.0. The quantitative estimate of drug-likeness (QED) is 0.468. The molecule has 0 aromatic heterocycles. The largest absolute Gasteiger partial charge is 0.469 e. The number of carbonyl (C=O) groups is 1. The summed E-state index contributed by atoms with van der Waals surface area (Å²) in [6.07, 6.45) is 0. The Balaban J connectivity index is 3.37. The van der Waals surface area contributed by atoms with Gasteiger partial charge in [-0.05, 0) is 14.1 Å². The molecule has 0 amide bonds. The van der Waals surface area contributed by atoms with Gasteiger partial charge in [-0.2, -0.15) is 0 Å². The molecule has 4 nitrogen and oxygen atoms in total. The molecule has 0 aliphatic rings. The number of nitrogens with zero attached hydrogens (tertiary/aromatic N) is 1. The van der Waals surface area contributed by atoms with E-state index in [1.54, 1.807) is 0 Å². The number of ether oxygens (including phenoxy) is 1. The second kappa shape index (κ2) is 6.86. The Bertz CT molecular complexity index is 149.